The summed E-state index contributed by atoms with van der Waals surface area (Å²) in [6.45, 7) is 1.53. The van der Waals surface area contributed by atoms with Gasteiger partial charge in [0.2, 0.25) is 0 Å². The van der Waals surface area contributed by atoms with E-state index in [9.17, 15) is 18.0 Å². The van der Waals surface area contributed by atoms with Crippen LogP contribution in [0.1, 0.15) is 33.8 Å². The van der Waals surface area contributed by atoms with E-state index in [-0.39, 0.29) is 29.8 Å². The average Bonchev–Trinajstić information content (AvgIpc) is 3.55. The zero-order valence-electron chi connectivity index (χ0n) is 20.3. The summed E-state index contributed by atoms with van der Waals surface area (Å²) < 4.78 is 43.7. The van der Waals surface area contributed by atoms with E-state index in [2.05, 4.69) is 9.97 Å². The molecule has 1 saturated heterocycles. The highest BCUT2D eigenvalue weighted by Gasteiger charge is 2.28. The van der Waals surface area contributed by atoms with Crippen molar-refractivity contribution < 1.29 is 18.0 Å². The van der Waals surface area contributed by atoms with Crippen molar-refractivity contribution >= 4 is 16.9 Å². The minimum absolute atomic E-state index is 0.0964. The molecule has 0 bridgehead atoms. The number of likely N-dealkylation sites (tertiary alicyclic amines) is 1. The average molecular weight is 513 g/mol. The van der Waals surface area contributed by atoms with Gasteiger partial charge in [0, 0.05) is 49.6 Å². The number of carbonyl (C=O) groups is 1. The van der Waals surface area contributed by atoms with Crippen molar-refractivity contribution in [1.29, 1.82) is 0 Å². The number of fused-ring (bicyclic) bond motifs is 1. The third kappa shape index (κ3) is 4.53. The Morgan fingerprint density at radius 2 is 1.76 bits per heavy atom. The summed E-state index contributed by atoms with van der Waals surface area (Å²) in [7, 11) is 0. The number of carbonyl (C=O) groups excluding carboxylic acids is 1. The highest BCUT2D eigenvalue weighted by molar-refractivity contribution is 5.98. The zero-order chi connectivity index (χ0) is 26.2. The van der Waals surface area contributed by atoms with E-state index in [4.69, 9.17) is 0 Å². The molecule has 1 aliphatic heterocycles. The van der Waals surface area contributed by atoms with Crippen LogP contribution in [0, 0.1) is 17.5 Å². The summed E-state index contributed by atoms with van der Waals surface area (Å²) in [4.78, 5) is 24.1. The molecule has 3 aromatic carbocycles. The minimum Gasteiger partial charge on any atom is -0.338 e. The molecule has 2 aromatic heterocycles. The largest absolute Gasteiger partial charge is 0.338 e. The number of hydrogen-bond acceptors (Lipinski definition) is 3. The van der Waals surface area contributed by atoms with E-state index in [0.29, 0.717) is 35.5 Å². The summed E-state index contributed by atoms with van der Waals surface area (Å²) in [6.07, 6.45) is 4.44. The van der Waals surface area contributed by atoms with Gasteiger partial charge in [0.25, 0.3) is 5.91 Å². The Morgan fingerprint density at radius 1 is 0.947 bits per heavy atom. The Balaban J connectivity index is 1.36. The van der Waals surface area contributed by atoms with Crippen LogP contribution in [-0.2, 0) is 6.54 Å². The molecule has 0 spiro atoms. The molecule has 0 aliphatic carbocycles. The number of benzene rings is 3. The number of rotatable bonds is 5. The lowest BCUT2D eigenvalue weighted by atomic mass is 10.0. The summed E-state index contributed by atoms with van der Waals surface area (Å²) in [5.74, 6) is -1.35. The van der Waals surface area contributed by atoms with Gasteiger partial charge in [-0.15, -0.1) is 0 Å². The molecule has 190 valence electrons. The molecule has 38 heavy (non-hydrogen) atoms. The molecule has 5 nitrogen and oxygen atoms in total. The second-order valence-corrected chi connectivity index (χ2v) is 9.50. The number of hydrogen-bond donors (Lipinski definition) is 0. The first-order chi connectivity index (χ1) is 18.5. The van der Waals surface area contributed by atoms with E-state index >= 15 is 0 Å². The number of halogens is 3. The van der Waals surface area contributed by atoms with Gasteiger partial charge in [0.1, 0.15) is 23.3 Å². The standard InChI is InChI=1S/C30H23F3N4O/c31-23-6-3-19(4-7-23)17-37-28-10-5-20(14-27(28)35-29(37)25-9-8-24(32)15-26(25)33)30(38)36-13-11-22(18-36)21-2-1-12-34-16-21/h1-10,12,14-16,22H,11,13,17-18H2. The van der Waals surface area contributed by atoms with E-state index < -0.39 is 11.6 Å². The second kappa shape index (κ2) is 9.78. The maximum absolute atomic E-state index is 14.8. The van der Waals surface area contributed by atoms with Gasteiger partial charge in [-0.3, -0.25) is 9.78 Å². The van der Waals surface area contributed by atoms with Gasteiger partial charge >= 0.3 is 0 Å². The van der Waals surface area contributed by atoms with Crippen molar-refractivity contribution in [2.75, 3.05) is 13.1 Å². The number of aromatic nitrogens is 3. The Bertz CT molecular complexity index is 1630. The molecule has 0 saturated carbocycles. The molecule has 6 rings (SSSR count). The van der Waals surface area contributed by atoms with E-state index in [1.54, 1.807) is 41.1 Å². The SMILES string of the molecule is O=C(c1ccc2c(c1)nc(-c1ccc(F)cc1F)n2Cc1ccc(F)cc1)N1CCC(c2cccnc2)C1. The van der Waals surface area contributed by atoms with Crippen molar-refractivity contribution in [3.63, 3.8) is 0 Å². The minimum atomic E-state index is -0.740. The lowest BCUT2D eigenvalue weighted by molar-refractivity contribution is 0.0791. The van der Waals surface area contributed by atoms with Crippen LogP contribution in [0.15, 0.2) is 85.2 Å². The zero-order valence-corrected chi connectivity index (χ0v) is 20.3. The van der Waals surface area contributed by atoms with E-state index in [0.717, 1.165) is 23.6 Å². The van der Waals surface area contributed by atoms with Crippen LogP contribution in [0.2, 0.25) is 0 Å². The van der Waals surface area contributed by atoms with Crippen molar-refractivity contribution in [1.82, 2.24) is 19.4 Å². The molecular formula is C30H23F3N4O. The van der Waals surface area contributed by atoms with E-state index in [1.807, 2.05) is 23.2 Å². The summed E-state index contributed by atoms with van der Waals surface area (Å²) in [5, 5.41) is 0. The monoisotopic (exact) mass is 512 g/mol. The van der Waals surface area contributed by atoms with Crippen LogP contribution >= 0.6 is 0 Å². The van der Waals surface area contributed by atoms with E-state index in [1.165, 1.54) is 24.3 Å². The highest BCUT2D eigenvalue weighted by atomic mass is 19.1. The number of imidazole rings is 1. The van der Waals surface area contributed by atoms with Crippen molar-refractivity contribution in [3.8, 4) is 11.4 Å². The van der Waals surface area contributed by atoms with Crippen LogP contribution in [0.3, 0.4) is 0 Å². The number of pyridine rings is 1. The Labute approximate surface area is 217 Å². The molecule has 0 radical (unpaired) electrons. The Hall–Kier alpha value is -4.46. The van der Waals surface area contributed by atoms with Gasteiger partial charge < -0.3 is 9.47 Å². The molecule has 1 atom stereocenters. The predicted molar refractivity (Wildman–Crippen MR) is 138 cm³/mol. The molecule has 5 aromatic rings. The summed E-state index contributed by atoms with van der Waals surface area (Å²) >= 11 is 0. The topological polar surface area (TPSA) is 51.0 Å². The van der Waals surface area contributed by atoms with Crippen LogP contribution < -0.4 is 0 Å². The van der Waals surface area contributed by atoms with Crippen LogP contribution in [0.5, 0.6) is 0 Å². The fourth-order valence-electron chi connectivity index (χ4n) is 5.09. The van der Waals surface area contributed by atoms with Gasteiger partial charge in [-0.25, -0.2) is 18.2 Å². The molecule has 8 heteroatoms. The maximum Gasteiger partial charge on any atom is 0.253 e. The van der Waals surface area contributed by atoms with Gasteiger partial charge in [0.15, 0.2) is 0 Å². The van der Waals surface area contributed by atoms with Gasteiger partial charge in [0.05, 0.1) is 16.6 Å². The molecule has 1 fully saturated rings. The molecule has 1 aliphatic rings. The normalized spacial score (nSPS) is 15.3. The van der Waals surface area contributed by atoms with Crippen molar-refractivity contribution in [2.24, 2.45) is 0 Å². The van der Waals surface area contributed by atoms with Gasteiger partial charge in [-0.05, 0) is 66.1 Å². The van der Waals surface area contributed by atoms with Gasteiger partial charge in [-0.2, -0.15) is 0 Å². The quantitative estimate of drug-likeness (QED) is 0.282. The van der Waals surface area contributed by atoms with Crippen LogP contribution in [-0.4, -0.2) is 38.4 Å². The predicted octanol–water partition coefficient (Wildman–Crippen LogP) is 6.19. The first kappa shape index (κ1) is 23.9. The first-order valence-corrected chi connectivity index (χ1v) is 12.4. The third-order valence-electron chi connectivity index (χ3n) is 7.05. The first-order valence-electron chi connectivity index (χ1n) is 12.4. The molecular weight excluding hydrogens is 489 g/mol. The fourth-order valence-corrected chi connectivity index (χ4v) is 5.09. The van der Waals surface area contributed by atoms with Crippen LogP contribution in [0.4, 0.5) is 13.2 Å². The van der Waals surface area contributed by atoms with Crippen molar-refractivity contribution in [3.05, 3.63) is 119 Å². The molecule has 0 N–H and O–H groups in total. The molecule has 3 heterocycles. The molecule has 1 unspecified atom stereocenters. The fraction of sp³-hybridized carbons (Fsp3) is 0.167. The summed E-state index contributed by atoms with van der Waals surface area (Å²) in [5.41, 5.74) is 3.72. The lowest BCUT2D eigenvalue weighted by Gasteiger charge is -2.17. The van der Waals surface area contributed by atoms with Crippen molar-refractivity contribution in [2.45, 2.75) is 18.9 Å². The van der Waals surface area contributed by atoms with Gasteiger partial charge in [-0.1, -0.05) is 18.2 Å². The number of nitrogens with zero attached hydrogens (tertiary/aromatic N) is 4. The van der Waals surface area contributed by atoms with Crippen LogP contribution in [0.25, 0.3) is 22.4 Å². The second-order valence-electron chi connectivity index (χ2n) is 9.50. The third-order valence-corrected chi connectivity index (χ3v) is 7.05. The lowest BCUT2D eigenvalue weighted by Crippen LogP contribution is -2.28. The Kier molecular flexibility index (Phi) is 6.15. The highest BCUT2D eigenvalue weighted by Crippen LogP contribution is 2.31. The smallest absolute Gasteiger partial charge is 0.253 e. The Morgan fingerprint density at radius 3 is 2.53 bits per heavy atom. The summed E-state index contributed by atoms with van der Waals surface area (Å²) in [6, 6.07) is 18.5. The molecule has 1 amide bonds. The maximum atomic E-state index is 14.8. The number of amides is 1.